The molecule has 0 aliphatic heterocycles. The highest BCUT2D eigenvalue weighted by Crippen LogP contribution is 2.24. The lowest BCUT2D eigenvalue weighted by Gasteiger charge is -1.95. The van der Waals surface area contributed by atoms with E-state index in [1.807, 2.05) is 42.5 Å². The van der Waals surface area contributed by atoms with Crippen LogP contribution in [0, 0.1) is 0 Å². The molecular formula is C14H10N2S2. The van der Waals surface area contributed by atoms with Gasteiger partial charge in [-0.05, 0) is 24.3 Å². The zero-order chi connectivity index (χ0) is 12.4. The number of para-hydroxylation sites is 2. The van der Waals surface area contributed by atoms with Crippen LogP contribution in [0.2, 0.25) is 0 Å². The third-order valence-corrected chi connectivity index (χ3v) is 3.86. The summed E-state index contributed by atoms with van der Waals surface area (Å²) in [5.74, 6) is 0. The van der Waals surface area contributed by atoms with E-state index in [0.29, 0.717) is 0 Å². The van der Waals surface area contributed by atoms with Crippen molar-refractivity contribution < 1.29 is 0 Å². The molecular weight excluding hydrogens is 260 g/mol. The maximum atomic E-state index is 4.50. The predicted octanol–water partition coefficient (Wildman–Crippen LogP) is 4.34. The maximum Gasteiger partial charge on any atom is 0.135 e. The Balaban J connectivity index is 1.95. The van der Waals surface area contributed by atoms with Crippen LogP contribution in [-0.4, -0.2) is 11.2 Å². The van der Waals surface area contributed by atoms with E-state index in [9.17, 15) is 0 Å². The third kappa shape index (κ3) is 2.30. The fourth-order valence-corrected chi connectivity index (χ4v) is 2.70. The molecule has 18 heavy (non-hydrogen) atoms. The third-order valence-electron chi connectivity index (χ3n) is 2.51. The second kappa shape index (κ2) is 4.92. The zero-order valence-corrected chi connectivity index (χ0v) is 11.2. The molecule has 0 aliphatic rings. The number of fused-ring (bicyclic) bond motifs is 1. The fraction of sp³-hybridized carbons (Fsp3) is 0. The van der Waals surface area contributed by atoms with Crippen molar-refractivity contribution in [2.45, 2.75) is 4.90 Å². The van der Waals surface area contributed by atoms with Crippen molar-refractivity contribution in [3.8, 4) is 0 Å². The second-order valence-corrected chi connectivity index (χ2v) is 5.31. The number of aliphatic imine (C=N–C) groups is 1. The maximum absolute atomic E-state index is 4.50. The number of benzene rings is 2. The van der Waals surface area contributed by atoms with Gasteiger partial charge in [0.15, 0.2) is 0 Å². The van der Waals surface area contributed by atoms with Crippen LogP contribution in [0.1, 0.15) is 5.01 Å². The van der Waals surface area contributed by atoms with Crippen molar-refractivity contribution in [1.29, 1.82) is 0 Å². The summed E-state index contributed by atoms with van der Waals surface area (Å²) in [5, 5.41) is 0.910. The van der Waals surface area contributed by atoms with Gasteiger partial charge in [-0.3, -0.25) is 4.99 Å². The molecule has 4 heteroatoms. The van der Waals surface area contributed by atoms with Crippen molar-refractivity contribution in [2.24, 2.45) is 4.99 Å². The Morgan fingerprint density at radius 2 is 1.83 bits per heavy atom. The van der Waals surface area contributed by atoms with E-state index >= 15 is 0 Å². The molecule has 3 aromatic rings. The Bertz CT molecular complexity index is 683. The van der Waals surface area contributed by atoms with E-state index in [-0.39, 0.29) is 0 Å². The Morgan fingerprint density at radius 1 is 1.06 bits per heavy atom. The Labute approximate surface area is 114 Å². The van der Waals surface area contributed by atoms with Gasteiger partial charge in [0.25, 0.3) is 0 Å². The first kappa shape index (κ1) is 11.4. The van der Waals surface area contributed by atoms with Gasteiger partial charge in [0, 0.05) is 4.90 Å². The first-order valence-electron chi connectivity index (χ1n) is 5.50. The van der Waals surface area contributed by atoms with Crippen LogP contribution in [0.4, 0.5) is 5.69 Å². The first-order valence-corrected chi connectivity index (χ1v) is 6.77. The van der Waals surface area contributed by atoms with E-state index in [2.05, 4.69) is 28.7 Å². The molecule has 0 bridgehead atoms. The summed E-state index contributed by atoms with van der Waals surface area (Å²) in [4.78, 5) is 9.79. The fourth-order valence-electron chi connectivity index (χ4n) is 1.64. The van der Waals surface area contributed by atoms with Gasteiger partial charge in [-0.1, -0.05) is 24.3 Å². The molecule has 1 heterocycles. The predicted molar refractivity (Wildman–Crippen MR) is 80.6 cm³/mol. The number of thiazole rings is 1. The van der Waals surface area contributed by atoms with E-state index in [4.69, 9.17) is 0 Å². The number of rotatable bonds is 2. The van der Waals surface area contributed by atoms with Gasteiger partial charge < -0.3 is 0 Å². The highest BCUT2D eigenvalue weighted by molar-refractivity contribution is 7.80. The van der Waals surface area contributed by atoms with Crippen molar-refractivity contribution in [2.75, 3.05) is 0 Å². The van der Waals surface area contributed by atoms with E-state index in [1.165, 1.54) is 4.70 Å². The number of hydrogen-bond acceptors (Lipinski definition) is 4. The van der Waals surface area contributed by atoms with Gasteiger partial charge in [-0.25, -0.2) is 4.98 Å². The van der Waals surface area contributed by atoms with Crippen molar-refractivity contribution in [3.63, 3.8) is 0 Å². The van der Waals surface area contributed by atoms with Crippen molar-refractivity contribution in [3.05, 3.63) is 53.5 Å². The average Bonchev–Trinajstić information content (AvgIpc) is 2.80. The zero-order valence-electron chi connectivity index (χ0n) is 9.45. The monoisotopic (exact) mass is 270 g/mol. The van der Waals surface area contributed by atoms with Gasteiger partial charge in [0.05, 0.1) is 22.1 Å². The van der Waals surface area contributed by atoms with E-state index in [1.54, 1.807) is 17.6 Å². The van der Waals surface area contributed by atoms with Crippen LogP contribution in [0.25, 0.3) is 10.2 Å². The Kier molecular flexibility index (Phi) is 3.13. The SMILES string of the molecule is Sc1ccccc1N=Cc1nc2ccccc2s1. The van der Waals surface area contributed by atoms with Crippen LogP contribution < -0.4 is 0 Å². The number of thiol groups is 1. The topological polar surface area (TPSA) is 25.2 Å². The Hall–Kier alpha value is -1.65. The Morgan fingerprint density at radius 3 is 2.67 bits per heavy atom. The molecule has 0 aliphatic carbocycles. The molecule has 0 fully saturated rings. The highest BCUT2D eigenvalue weighted by Gasteiger charge is 2.00. The molecule has 0 unspecified atom stereocenters. The lowest BCUT2D eigenvalue weighted by molar-refractivity contribution is 1.38. The van der Waals surface area contributed by atoms with Crippen LogP contribution in [-0.2, 0) is 0 Å². The summed E-state index contributed by atoms with van der Waals surface area (Å²) in [7, 11) is 0. The van der Waals surface area contributed by atoms with Crippen molar-refractivity contribution in [1.82, 2.24) is 4.98 Å². The summed E-state index contributed by atoms with van der Waals surface area (Å²) in [6.07, 6.45) is 1.79. The summed E-state index contributed by atoms with van der Waals surface area (Å²) in [5.41, 5.74) is 1.88. The minimum absolute atomic E-state index is 0.861. The molecule has 88 valence electrons. The summed E-state index contributed by atoms with van der Waals surface area (Å²) >= 11 is 6.00. The van der Waals surface area contributed by atoms with Gasteiger partial charge >= 0.3 is 0 Å². The van der Waals surface area contributed by atoms with Gasteiger partial charge in [0.2, 0.25) is 0 Å². The normalized spacial score (nSPS) is 11.4. The molecule has 0 saturated heterocycles. The highest BCUT2D eigenvalue weighted by atomic mass is 32.1. The number of aromatic nitrogens is 1. The first-order chi connectivity index (χ1) is 8.83. The lowest BCUT2D eigenvalue weighted by atomic mass is 10.3. The number of nitrogens with zero attached hydrogens (tertiary/aromatic N) is 2. The molecule has 3 rings (SSSR count). The van der Waals surface area contributed by atoms with Gasteiger partial charge in [-0.15, -0.1) is 24.0 Å². The van der Waals surface area contributed by atoms with E-state index < -0.39 is 0 Å². The molecule has 0 saturated carbocycles. The van der Waals surface area contributed by atoms with Crippen LogP contribution in [0.15, 0.2) is 58.4 Å². The van der Waals surface area contributed by atoms with Crippen LogP contribution >= 0.6 is 24.0 Å². The molecule has 0 atom stereocenters. The number of hydrogen-bond donors (Lipinski definition) is 1. The average molecular weight is 270 g/mol. The quantitative estimate of drug-likeness (QED) is 0.544. The smallest absolute Gasteiger partial charge is 0.135 e. The summed E-state index contributed by atoms with van der Waals surface area (Å²) in [6.45, 7) is 0. The minimum atomic E-state index is 0.861. The molecule has 2 aromatic carbocycles. The van der Waals surface area contributed by atoms with E-state index in [0.717, 1.165) is 21.1 Å². The molecule has 1 aromatic heterocycles. The van der Waals surface area contributed by atoms with Crippen molar-refractivity contribution >= 4 is 46.1 Å². The molecule has 0 N–H and O–H groups in total. The van der Waals surface area contributed by atoms with Crippen LogP contribution in [0.5, 0.6) is 0 Å². The van der Waals surface area contributed by atoms with Crippen LogP contribution in [0.3, 0.4) is 0 Å². The molecule has 2 nitrogen and oxygen atoms in total. The van der Waals surface area contributed by atoms with Gasteiger partial charge in [-0.2, -0.15) is 0 Å². The molecule has 0 spiro atoms. The largest absolute Gasteiger partial charge is 0.253 e. The summed E-state index contributed by atoms with van der Waals surface area (Å²) < 4.78 is 1.18. The second-order valence-electron chi connectivity index (χ2n) is 3.77. The minimum Gasteiger partial charge on any atom is -0.253 e. The van der Waals surface area contributed by atoms with Gasteiger partial charge in [0.1, 0.15) is 5.01 Å². The lowest BCUT2D eigenvalue weighted by Crippen LogP contribution is -1.77. The molecule has 0 radical (unpaired) electrons. The summed E-state index contributed by atoms with van der Waals surface area (Å²) in [6, 6.07) is 15.8. The molecule has 0 amide bonds. The standard InChI is InChI=1S/C14H10N2S2/c17-12-7-3-1-5-10(12)15-9-14-16-11-6-2-4-8-13(11)18-14/h1-9,17H.